The van der Waals surface area contributed by atoms with Crippen LogP contribution in [0, 0.1) is 6.92 Å². The second-order valence-electron chi connectivity index (χ2n) is 5.02. The van der Waals surface area contributed by atoms with Crippen LogP contribution >= 0.6 is 0 Å². The minimum absolute atomic E-state index is 0.167. The quantitative estimate of drug-likeness (QED) is 0.936. The van der Waals surface area contributed by atoms with Crippen LogP contribution in [0.15, 0.2) is 53.4 Å². The average molecular weight is 289 g/mol. The summed E-state index contributed by atoms with van der Waals surface area (Å²) >= 11 is 0. The highest BCUT2D eigenvalue weighted by Crippen LogP contribution is 2.22. The Labute approximate surface area is 120 Å². The van der Waals surface area contributed by atoms with Crippen LogP contribution in [0.2, 0.25) is 0 Å². The fourth-order valence-electron chi connectivity index (χ4n) is 2.20. The van der Waals surface area contributed by atoms with E-state index >= 15 is 0 Å². The van der Waals surface area contributed by atoms with E-state index in [0.717, 1.165) is 5.69 Å². The van der Waals surface area contributed by atoms with Gasteiger partial charge in [-0.2, -0.15) is 0 Å². The van der Waals surface area contributed by atoms with Crippen molar-refractivity contribution in [2.24, 2.45) is 0 Å². The molecule has 2 rings (SSSR count). The van der Waals surface area contributed by atoms with Crippen LogP contribution in [-0.2, 0) is 9.84 Å². The summed E-state index contributed by atoms with van der Waals surface area (Å²) < 4.78 is 22.8. The first kappa shape index (κ1) is 14.6. The van der Waals surface area contributed by atoms with Crippen LogP contribution in [0.5, 0.6) is 0 Å². The largest absolute Gasteiger partial charge is 0.379 e. The maximum Gasteiger partial charge on any atom is 0.175 e. The van der Waals surface area contributed by atoms with E-state index in [9.17, 15) is 8.42 Å². The molecular weight excluding hydrogens is 270 g/mol. The summed E-state index contributed by atoms with van der Waals surface area (Å²) in [6.45, 7) is 4.17. The molecule has 0 bridgehead atoms. The van der Waals surface area contributed by atoms with Gasteiger partial charge in [-0.25, -0.2) is 8.42 Å². The van der Waals surface area contributed by atoms with E-state index in [1.807, 2.05) is 12.1 Å². The number of rotatable bonds is 4. The standard InChI is InChI=1S/C16H19NO2S/c1-12-6-4-5-7-16(12)13(2)17-14-8-10-15(11-9-14)20(3,18)19/h4-11,13,17H,1-3H3. The molecule has 0 saturated carbocycles. The molecule has 3 nitrogen and oxygen atoms in total. The van der Waals surface area contributed by atoms with Gasteiger partial charge in [0.1, 0.15) is 0 Å². The maximum absolute atomic E-state index is 11.4. The lowest BCUT2D eigenvalue weighted by atomic mass is 10.0. The number of sulfone groups is 1. The lowest BCUT2D eigenvalue weighted by Gasteiger charge is -2.18. The molecule has 2 aromatic rings. The monoisotopic (exact) mass is 289 g/mol. The first-order valence-electron chi connectivity index (χ1n) is 6.50. The van der Waals surface area contributed by atoms with Crippen molar-refractivity contribution in [3.8, 4) is 0 Å². The summed E-state index contributed by atoms with van der Waals surface area (Å²) in [4.78, 5) is 0.339. The molecule has 0 fully saturated rings. The van der Waals surface area contributed by atoms with Crippen molar-refractivity contribution in [2.45, 2.75) is 24.8 Å². The topological polar surface area (TPSA) is 46.2 Å². The average Bonchev–Trinajstić information content (AvgIpc) is 2.38. The zero-order chi connectivity index (χ0) is 14.8. The fourth-order valence-corrected chi connectivity index (χ4v) is 2.83. The van der Waals surface area contributed by atoms with Crippen LogP contribution in [0.1, 0.15) is 24.1 Å². The minimum atomic E-state index is -3.13. The second-order valence-corrected chi connectivity index (χ2v) is 7.03. The van der Waals surface area contributed by atoms with Gasteiger partial charge < -0.3 is 5.32 Å². The van der Waals surface area contributed by atoms with Crippen molar-refractivity contribution in [1.29, 1.82) is 0 Å². The summed E-state index contributed by atoms with van der Waals surface area (Å²) in [6.07, 6.45) is 1.21. The fraction of sp³-hybridized carbons (Fsp3) is 0.250. The maximum atomic E-state index is 11.4. The van der Waals surface area contributed by atoms with E-state index in [0.29, 0.717) is 4.90 Å². The molecule has 0 saturated heterocycles. The molecule has 0 aliphatic heterocycles. The summed E-state index contributed by atoms with van der Waals surface area (Å²) in [7, 11) is -3.13. The first-order valence-corrected chi connectivity index (χ1v) is 8.39. The van der Waals surface area contributed by atoms with E-state index in [1.54, 1.807) is 24.3 Å². The van der Waals surface area contributed by atoms with Gasteiger partial charge in [-0.15, -0.1) is 0 Å². The molecule has 0 aliphatic rings. The summed E-state index contributed by atoms with van der Waals surface area (Å²) in [6, 6.07) is 15.2. The van der Waals surface area contributed by atoms with Crippen molar-refractivity contribution < 1.29 is 8.42 Å². The molecule has 0 radical (unpaired) electrons. The van der Waals surface area contributed by atoms with Gasteiger partial charge in [-0.05, 0) is 49.2 Å². The zero-order valence-corrected chi connectivity index (χ0v) is 12.7. The van der Waals surface area contributed by atoms with Gasteiger partial charge in [-0.3, -0.25) is 0 Å². The third-order valence-corrected chi connectivity index (χ3v) is 4.45. The van der Waals surface area contributed by atoms with Crippen molar-refractivity contribution in [3.05, 3.63) is 59.7 Å². The highest BCUT2D eigenvalue weighted by atomic mass is 32.2. The Hall–Kier alpha value is -1.81. The number of hydrogen-bond donors (Lipinski definition) is 1. The Balaban J connectivity index is 2.17. The van der Waals surface area contributed by atoms with Gasteiger partial charge in [0.05, 0.1) is 4.90 Å². The predicted molar refractivity (Wildman–Crippen MR) is 82.8 cm³/mol. The number of nitrogens with one attached hydrogen (secondary N) is 1. The smallest absolute Gasteiger partial charge is 0.175 e. The van der Waals surface area contributed by atoms with E-state index in [4.69, 9.17) is 0 Å². The van der Waals surface area contributed by atoms with E-state index < -0.39 is 9.84 Å². The first-order chi connectivity index (χ1) is 9.38. The lowest BCUT2D eigenvalue weighted by molar-refractivity contribution is 0.602. The molecule has 4 heteroatoms. The molecule has 0 aromatic heterocycles. The van der Waals surface area contributed by atoms with Crippen LogP contribution in [-0.4, -0.2) is 14.7 Å². The van der Waals surface area contributed by atoms with Crippen molar-refractivity contribution >= 4 is 15.5 Å². The van der Waals surface area contributed by atoms with Crippen molar-refractivity contribution in [1.82, 2.24) is 0 Å². The van der Waals surface area contributed by atoms with Crippen LogP contribution in [0.3, 0.4) is 0 Å². The Morgan fingerprint density at radius 3 is 2.15 bits per heavy atom. The molecule has 106 valence electrons. The SMILES string of the molecule is Cc1ccccc1C(C)Nc1ccc(S(C)(=O)=O)cc1. The normalized spacial score (nSPS) is 12.9. The molecule has 0 amide bonds. The highest BCUT2D eigenvalue weighted by molar-refractivity contribution is 7.90. The van der Waals surface area contributed by atoms with E-state index in [-0.39, 0.29) is 6.04 Å². The van der Waals surface area contributed by atoms with E-state index in [2.05, 4.69) is 31.3 Å². The highest BCUT2D eigenvalue weighted by Gasteiger charge is 2.09. The summed E-state index contributed by atoms with van der Waals surface area (Å²) in [5.41, 5.74) is 3.38. The third kappa shape index (κ3) is 3.39. The Morgan fingerprint density at radius 2 is 1.60 bits per heavy atom. The molecule has 0 heterocycles. The van der Waals surface area contributed by atoms with Gasteiger partial charge >= 0.3 is 0 Å². The zero-order valence-electron chi connectivity index (χ0n) is 11.9. The molecular formula is C16H19NO2S. The molecule has 2 aromatic carbocycles. The number of benzene rings is 2. The molecule has 0 aliphatic carbocycles. The van der Waals surface area contributed by atoms with Gasteiger partial charge in [0.25, 0.3) is 0 Å². The van der Waals surface area contributed by atoms with Crippen LogP contribution < -0.4 is 5.32 Å². The third-order valence-electron chi connectivity index (χ3n) is 3.32. The van der Waals surface area contributed by atoms with Gasteiger partial charge in [-0.1, -0.05) is 24.3 Å². The number of hydrogen-bond acceptors (Lipinski definition) is 3. The second kappa shape index (κ2) is 5.67. The Kier molecular flexibility index (Phi) is 4.14. The summed E-state index contributed by atoms with van der Waals surface area (Å²) in [5, 5.41) is 3.38. The Morgan fingerprint density at radius 1 is 1.00 bits per heavy atom. The predicted octanol–water partition coefficient (Wildman–Crippen LogP) is 3.57. The number of anilines is 1. The minimum Gasteiger partial charge on any atom is -0.379 e. The molecule has 1 N–H and O–H groups in total. The molecule has 0 spiro atoms. The van der Waals surface area contributed by atoms with Crippen LogP contribution in [0.4, 0.5) is 5.69 Å². The Bertz CT molecular complexity index is 691. The van der Waals surface area contributed by atoms with Gasteiger partial charge in [0, 0.05) is 18.0 Å². The van der Waals surface area contributed by atoms with Crippen LogP contribution in [0.25, 0.3) is 0 Å². The van der Waals surface area contributed by atoms with E-state index in [1.165, 1.54) is 17.4 Å². The molecule has 20 heavy (non-hydrogen) atoms. The van der Waals surface area contributed by atoms with Crippen molar-refractivity contribution in [3.63, 3.8) is 0 Å². The van der Waals surface area contributed by atoms with Crippen molar-refractivity contribution in [2.75, 3.05) is 11.6 Å². The van der Waals surface area contributed by atoms with Gasteiger partial charge in [0.15, 0.2) is 9.84 Å². The number of aryl methyl sites for hydroxylation is 1. The molecule has 1 unspecified atom stereocenters. The summed E-state index contributed by atoms with van der Waals surface area (Å²) in [5.74, 6) is 0. The lowest BCUT2D eigenvalue weighted by Crippen LogP contribution is -2.08. The molecule has 1 atom stereocenters. The van der Waals surface area contributed by atoms with Gasteiger partial charge in [0.2, 0.25) is 0 Å².